The van der Waals surface area contributed by atoms with E-state index in [9.17, 15) is 18.4 Å². The number of halogens is 2. The van der Waals surface area contributed by atoms with E-state index in [-0.39, 0.29) is 23.4 Å². The summed E-state index contributed by atoms with van der Waals surface area (Å²) in [6, 6.07) is 15.6. The van der Waals surface area contributed by atoms with Gasteiger partial charge in [-0.3, -0.25) is 19.6 Å². The topological polar surface area (TPSA) is 90.5 Å². The first-order valence-corrected chi connectivity index (χ1v) is 15.0. The molecule has 2 amide bonds. The van der Waals surface area contributed by atoms with Crippen molar-refractivity contribution in [3.05, 3.63) is 108 Å². The molecular weight excluding hydrogens is 562 g/mol. The average Bonchev–Trinajstić information content (AvgIpc) is 3.07. The van der Waals surface area contributed by atoms with Gasteiger partial charge in [0.05, 0.1) is 22.7 Å². The lowest BCUT2D eigenvalue weighted by atomic mass is 10.1. The molecule has 0 spiro atoms. The smallest absolute Gasteiger partial charge is 0.255 e. The molecule has 2 aliphatic rings. The summed E-state index contributed by atoms with van der Waals surface area (Å²) in [5.41, 5.74) is 3.80. The van der Waals surface area contributed by atoms with Crippen molar-refractivity contribution in [2.45, 2.75) is 38.5 Å². The molecule has 6 rings (SSSR count). The summed E-state index contributed by atoms with van der Waals surface area (Å²) in [4.78, 5) is 36.7. The number of benzene rings is 2. The van der Waals surface area contributed by atoms with Gasteiger partial charge in [0.1, 0.15) is 11.6 Å². The van der Waals surface area contributed by atoms with Crippen LogP contribution in [0.2, 0.25) is 0 Å². The Morgan fingerprint density at radius 1 is 0.545 bits per heavy atom. The van der Waals surface area contributed by atoms with E-state index in [0.717, 1.165) is 63.2 Å². The summed E-state index contributed by atoms with van der Waals surface area (Å²) in [6.45, 7) is 3.74. The molecule has 0 bridgehead atoms. The van der Waals surface area contributed by atoms with E-state index in [0.29, 0.717) is 22.5 Å². The molecule has 4 aromatic rings. The number of aromatic nitrogens is 2. The van der Waals surface area contributed by atoms with Crippen molar-refractivity contribution in [1.82, 2.24) is 9.97 Å². The second-order valence-corrected chi connectivity index (χ2v) is 10.8. The molecular formula is C34H36F2N6O2. The Hall–Kier alpha value is -4.86. The summed E-state index contributed by atoms with van der Waals surface area (Å²) in [7, 11) is 0. The number of anilines is 4. The van der Waals surface area contributed by atoms with Crippen molar-refractivity contribution in [2.24, 2.45) is 0 Å². The number of hydrogen-bond donors (Lipinski definition) is 2. The van der Waals surface area contributed by atoms with Crippen LogP contribution in [0.25, 0.3) is 0 Å². The van der Waals surface area contributed by atoms with Gasteiger partial charge in [-0.2, -0.15) is 0 Å². The van der Waals surface area contributed by atoms with Crippen molar-refractivity contribution >= 4 is 34.6 Å². The number of nitrogens with zero attached hydrogens (tertiary/aromatic N) is 4. The van der Waals surface area contributed by atoms with Gasteiger partial charge < -0.3 is 20.4 Å². The van der Waals surface area contributed by atoms with E-state index < -0.39 is 0 Å². The van der Waals surface area contributed by atoms with E-state index >= 15 is 0 Å². The first-order chi connectivity index (χ1) is 21.5. The van der Waals surface area contributed by atoms with Gasteiger partial charge in [-0.1, -0.05) is 0 Å². The zero-order chi connectivity index (χ0) is 30.7. The molecule has 2 aromatic carbocycles. The van der Waals surface area contributed by atoms with Gasteiger partial charge in [0.15, 0.2) is 0 Å². The fraction of sp³-hybridized carbons (Fsp3) is 0.294. The normalized spacial score (nSPS) is 14.7. The van der Waals surface area contributed by atoms with E-state index in [1.807, 2.05) is 0 Å². The molecule has 2 aromatic heterocycles. The fourth-order valence-electron chi connectivity index (χ4n) is 5.43. The highest BCUT2D eigenvalue weighted by molar-refractivity contribution is 6.06. The molecule has 2 saturated heterocycles. The Balaban J connectivity index is 0.000000175. The lowest BCUT2D eigenvalue weighted by Gasteiger charge is -2.30. The number of rotatable bonds is 6. The Kier molecular flexibility index (Phi) is 10.5. The minimum atomic E-state index is -0.356. The summed E-state index contributed by atoms with van der Waals surface area (Å²) in [6.07, 6.45) is 13.2. The highest BCUT2D eigenvalue weighted by Gasteiger charge is 2.18. The van der Waals surface area contributed by atoms with Crippen LogP contribution in [0.3, 0.4) is 0 Å². The van der Waals surface area contributed by atoms with Gasteiger partial charge >= 0.3 is 0 Å². The van der Waals surface area contributed by atoms with Crippen LogP contribution in [0.5, 0.6) is 0 Å². The summed E-state index contributed by atoms with van der Waals surface area (Å²) in [5, 5.41) is 5.63. The SMILES string of the molecule is O=C(Nc1cc(F)ccc1N1CCCCC1)c1ccncc1.O=C(Nc1cc(F)ccc1N1CCCCC1)c1ccncc1. The fourth-order valence-corrected chi connectivity index (χ4v) is 5.43. The summed E-state index contributed by atoms with van der Waals surface area (Å²) < 4.78 is 27.2. The molecule has 0 radical (unpaired) electrons. The van der Waals surface area contributed by atoms with E-state index in [2.05, 4.69) is 30.4 Å². The van der Waals surface area contributed by atoms with Crippen LogP contribution in [0, 0.1) is 11.6 Å². The van der Waals surface area contributed by atoms with Crippen molar-refractivity contribution in [3.8, 4) is 0 Å². The number of pyridine rings is 2. The number of amides is 2. The number of piperidine rings is 2. The van der Waals surface area contributed by atoms with E-state index in [1.54, 1.807) is 61.2 Å². The van der Waals surface area contributed by atoms with Crippen LogP contribution in [0.4, 0.5) is 31.5 Å². The lowest BCUT2D eigenvalue weighted by Crippen LogP contribution is -2.30. The van der Waals surface area contributed by atoms with Crippen LogP contribution in [-0.4, -0.2) is 48.0 Å². The largest absolute Gasteiger partial charge is 0.370 e. The predicted octanol–water partition coefficient (Wildman–Crippen LogP) is 6.93. The maximum absolute atomic E-state index is 13.6. The first kappa shape index (κ1) is 30.6. The molecule has 2 aliphatic heterocycles. The van der Waals surface area contributed by atoms with Crippen LogP contribution in [0.1, 0.15) is 59.2 Å². The van der Waals surface area contributed by atoms with E-state index in [4.69, 9.17) is 0 Å². The molecule has 2 fully saturated rings. The van der Waals surface area contributed by atoms with Gasteiger partial charge in [0.25, 0.3) is 11.8 Å². The zero-order valence-corrected chi connectivity index (χ0v) is 24.5. The quantitative estimate of drug-likeness (QED) is 0.250. The van der Waals surface area contributed by atoms with Crippen LogP contribution in [-0.2, 0) is 0 Å². The lowest BCUT2D eigenvalue weighted by molar-refractivity contribution is 0.101. The number of nitrogens with one attached hydrogen (secondary N) is 2. The van der Waals surface area contributed by atoms with Crippen LogP contribution >= 0.6 is 0 Å². The van der Waals surface area contributed by atoms with Gasteiger partial charge in [0, 0.05) is 62.1 Å². The molecule has 10 heteroatoms. The summed E-state index contributed by atoms with van der Waals surface area (Å²) in [5.74, 6) is -1.23. The molecule has 228 valence electrons. The maximum Gasteiger partial charge on any atom is 0.255 e. The first-order valence-electron chi connectivity index (χ1n) is 15.0. The highest BCUT2D eigenvalue weighted by Crippen LogP contribution is 2.31. The molecule has 2 N–H and O–H groups in total. The van der Waals surface area contributed by atoms with Gasteiger partial charge in [-0.05, 0) is 99.2 Å². The number of hydrogen-bond acceptors (Lipinski definition) is 6. The van der Waals surface area contributed by atoms with Crippen LogP contribution in [0.15, 0.2) is 85.5 Å². The zero-order valence-electron chi connectivity index (χ0n) is 24.5. The minimum absolute atomic E-state index is 0.258. The second-order valence-electron chi connectivity index (χ2n) is 10.8. The molecule has 44 heavy (non-hydrogen) atoms. The monoisotopic (exact) mass is 598 g/mol. The Labute approximate surface area is 256 Å². The summed E-state index contributed by atoms with van der Waals surface area (Å²) >= 11 is 0. The number of carbonyl (C=O) groups is 2. The number of carbonyl (C=O) groups excluding carboxylic acids is 2. The highest BCUT2D eigenvalue weighted by atomic mass is 19.1. The second kappa shape index (κ2) is 15.0. The van der Waals surface area contributed by atoms with Crippen molar-refractivity contribution < 1.29 is 18.4 Å². The van der Waals surface area contributed by atoms with Gasteiger partial charge in [-0.25, -0.2) is 8.78 Å². The predicted molar refractivity (Wildman–Crippen MR) is 169 cm³/mol. The van der Waals surface area contributed by atoms with Gasteiger partial charge in [-0.15, -0.1) is 0 Å². The minimum Gasteiger partial charge on any atom is -0.370 e. The standard InChI is InChI=1S/2C17H18FN3O/c2*18-14-4-5-16(21-10-2-1-3-11-21)15(12-14)20-17(22)13-6-8-19-9-7-13/h2*4-9,12H,1-3,10-11H2,(H,20,22). The van der Waals surface area contributed by atoms with Crippen molar-refractivity contribution in [3.63, 3.8) is 0 Å². The Morgan fingerprint density at radius 2 is 0.909 bits per heavy atom. The van der Waals surface area contributed by atoms with Gasteiger partial charge in [0.2, 0.25) is 0 Å². The molecule has 0 atom stereocenters. The average molecular weight is 599 g/mol. The third-order valence-electron chi connectivity index (χ3n) is 7.69. The van der Waals surface area contributed by atoms with E-state index in [1.165, 1.54) is 37.1 Å². The third kappa shape index (κ3) is 8.15. The van der Waals surface area contributed by atoms with Crippen LogP contribution < -0.4 is 20.4 Å². The molecule has 0 aliphatic carbocycles. The maximum atomic E-state index is 13.6. The molecule has 8 nitrogen and oxygen atoms in total. The van der Waals surface area contributed by atoms with Crippen molar-refractivity contribution in [1.29, 1.82) is 0 Å². The molecule has 0 saturated carbocycles. The third-order valence-corrected chi connectivity index (χ3v) is 7.69. The molecule has 0 unspecified atom stereocenters. The Bertz CT molecular complexity index is 1430. The Morgan fingerprint density at radius 3 is 1.27 bits per heavy atom. The molecule has 4 heterocycles. The van der Waals surface area contributed by atoms with Crippen molar-refractivity contribution in [2.75, 3.05) is 46.6 Å².